The van der Waals surface area contributed by atoms with E-state index in [2.05, 4.69) is 15.3 Å². The number of aromatic amines is 1. The molecular weight excluding hydrogens is 247 g/mol. The first kappa shape index (κ1) is 13.2. The minimum absolute atomic E-state index is 0.286. The van der Waals surface area contributed by atoms with Gasteiger partial charge in [0.05, 0.1) is 6.33 Å². The Morgan fingerprint density at radius 3 is 2.79 bits per heavy atom. The zero-order valence-corrected chi connectivity index (χ0v) is 10.3. The molecule has 6 heteroatoms. The molecule has 1 aromatic carbocycles. The molecule has 2 rings (SSSR count). The number of hydrogen-bond donors (Lipinski definition) is 3. The summed E-state index contributed by atoms with van der Waals surface area (Å²) in [5, 5.41) is 2.73. The fourth-order valence-electron chi connectivity index (χ4n) is 1.67. The van der Waals surface area contributed by atoms with Gasteiger partial charge in [-0.05, 0) is 17.7 Å². The lowest BCUT2D eigenvalue weighted by molar-refractivity contribution is -0.122. The first-order chi connectivity index (χ1) is 9.16. The van der Waals surface area contributed by atoms with Crippen LogP contribution < -0.4 is 11.1 Å². The van der Waals surface area contributed by atoms with E-state index in [0.717, 1.165) is 5.69 Å². The van der Waals surface area contributed by atoms with Gasteiger partial charge in [-0.15, -0.1) is 0 Å². The Balaban J connectivity index is 1.83. The number of nitrogens with two attached hydrogens (primary N) is 1. The topological polar surface area (TPSA) is 83.8 Å². The van der Waals surface area contributed by atoms with Crippen LogP contribution in [0, 0.1) is 5.82 Å². The van der Waals surface area contributed by atoms with Crippen molar-refractivity contribution in [3.8, 4) is 0 Å². The van der Waals surface area contributed by atoms with Crippen LogP contribution in [0.2, 0.25) is 0 Å². The Morgan fingerprint density at radius 1 is 1.42 bits per heavy atom. The van der Waals surface area contributed by atoms with Crippen LogP contribution in [0.5, 0.6) is 0 Å². The molecule has 0 bridgehead atoms. The number of carbonyl (C=O) groups is 1. The van der Waals surface area contributed by atoms with Gasteiger partial charge >= 0.3 is 0 Å². The van der Waals surface area contributed by atoms with E-state index in [-0.39, 0.29) is 11.7 Å². The summed E-state index contributed by atoms with van der Waals surface area (Å²) in [6.45, 7) is 0.468. The molecule has 0 unspecified atom stereocenters. The Morgan fingerprint density at radius 2 is 2.16 bits per heavy atom. The SMILES string of the molecule is N[C@H](C(=O)NCCc1cnc[nH]1)c1ccc(F)cc1. The van der Waals surface area contributed by atoms with Crippen LogP contribution in [0.15, 0.2) is 36.8 Å². The second kappa shape index (κ2) is 6.10. The van der Waals surface area contributed by atoms with E-state index in [1.165, 1.54) is 24.3 Å². The van der Waals surface area contributed by atoms with Crippen LogP contribution in [-0.2, 0) is 11.2 Å². The molecule has 1 heterocycles. The van der Waals surface area contributed by atoms with Crippen molar-refractivity contribution >= 4 is 5.91 Å². The number of nitrogens with zero attached hydrogens (tertiary/aromatic N) is 1. The van der Waals surface area contributed by atoms with E-state index < -0.39 is 6.04 Å². The summed E-state index contributed by atoms with van der Waals surface area (Å²) in [5.41, 5.74) is 7.32. The van der Waals surface area contributed by atoms with E-state index in [1.807, 2.05) is 0 Å². The Labute approximate surface area is 110 Å². The lowest BCUT2D eigenvalue weighted by Gasteiger charge is -2.12. The van der Waals surface area contributed by atoms with Crippen LogP contribution in [0.1, 0.15) is 17.3 Å². The molecule has 100 valence electrons. The first-order valence-electron chi connectivity index (χ1n) is 5.93. The highest BCUT2D eigenvalue weighted by Crippen LogP contribution is 2.11. The van der Waals surface area contributed by atoms with Crippen LogP contribution in [0.25, 0.3) is 0 Å². The van der Waals surface area contributed by atoms with Gasteiger partial charge in [-0.2, -0.15) is 0 Å². The highest BCUT2D eigenvalue weighted by Gasteiger charge is 2.15. The van der Waals surface area contributed by atoms with Gasteiger partial charge in [0.25, 0.3) is 0 Å². The van der Waals surface area contributed by atoms with Crippen molar-refractivity contribution in [2.24, 2.45) is 5.73 Å². The summed E-state index contributed by atoms with van der Waals surface area (Å²) in [4.78, 5) is 18.6. The van der Waals surface area contributed by atoms with Crippen molar-refractivity contribution in [1.29, 1.82) is 0 Å². The summed E-state index contributed by atoms with van der Waals surface area (Å²) < 4.78 is 12.8. The third-order valence-corrected chi connectivity index (χ3v) is 2.76. The molecule has 0 spiro atoms. The molecule has 0 fully saturated rings. The lowest BCUT2D eigenvalue weighted by Crippen LogP contribution is -2.35. The summed E-state index contributed by atoms with van der Waals surface area (Å²) in [5.74, 6) is -0.637. The second-order valence-corrected chi connectivity index (χ2v) is 4.15. The fourth-order valence-corrected chi connectivity index (χ4v) is 1.67. The number of rotatable bonds is 5. The highest BCUT2D eigenvalue weighted by atomic mass is 19.1. The molecule has 1 amide bonds. The average molecular weight is 262 g/mol. The third kappa shape index (κ3) is 3.62. The number of aromatic nitrogens is 2. The molecule has 0 aliphatic carbocycles. The zero-order valence-electron chi connectivity index (χ0n) is 10.3. The molecular formula is C13H15FN4O. The van der Waals surface area contributed by atoms with Gasteiger partial charge < -0.3 is 16.0 Å². The van der Waals surface area contributed by atoms with Gasteiger partial charge in [-0.25, -0.2) is 9.37 Å². The van der Waals surface area contributed by atoms with E-state index in [1.54, 1.807) is 12.5 Å². The number of imidazole rings is 1. The molecule has 2 aromatic rings. The number of hydrogen-bond acceptors (Lipinski definition) is 3. The van der Waals surface area contributed by atoms with E-state index in [9.17, 15) is 9.18 Å². The summed E-state index contributed by atoms with van der Waals surface area (Å²) in [6.07, 6.45) is 3.94. The molecule has 4 N–H and O–H groups in total. The number of halogens is 1. The molecule has 5 nitrogen and oxygen atoms in total. The van der Waals surface area contributed by atoms with Crippen molar-refractivity contribution < 1.29 is 9.18 Å². The molecule has 0 aliphatic heterocycles. The molecule has 0 radical (unpaired) electrons. The molecule has 1 aromatic heterocycles. The Hall–Kier alpha value is -2.21. The largest absolute Gasteiger partial charge is 0.354 e. The Kier molecular flexibility index (Phi) is 4.25. The van der Waals surface area contributed by atoms with Crippen molar-refractivity contribution in [1.82, 2.24) is 15.3 Å². The van der Waals surface area contributed by atoms with E-state index in [4.69, 9.17) is 5.73 Å². The number of carbonyl (C=O) groups excluding carboxylic acids is 1. The standard InChI is InChI=1S/C13H15FN4O/c14-10-3-1-9(2-4-10)12(15)13(19)17-6-5-11-7-16-8-18-11/h1-4,7-8,12H,5-6,15H2,(H,16,18)(H,17,19)/t12-/m0/s1. The quantitative estimate of drug-likeness (QED) is 0.748. The maximum Gasteiger partial charge on any atom is 0.241 e. The van der Waals surface area contributed by atoms with Gasteiger partial charge in [-0.3, -0.25) is 4.79 Å². The van der Waals surface area contributed by atoms with Crippen molar-refractivity contribution in [3.63, 3.8) is 0 Å². The summed E-state index contributed by atoms with van der Waals surface area (Å²) in [6, 6.07) is 4.80. The Bertz CT molecular complexity index is 524. The number of nitrogens with one attached hydrogen (secondary N) is 2. The monoisotopic (exact) mass is 262 g/mol. The summed E-state index contributed by atoms with van der Waals surface area (Å²) in [7, 11) is 0. The first-order valence-corrected chi connectivity index (χ1v) is 5.93. The van der Waals surface area contributed by atoms with Gasteiger partial charge in [0, 0.05) is 24.9 Å². The molecule has 1 atom stereocenters. The summed E-state index contributed by atoms with van der Waals surface area (Å²) >= 11 is 0. The minimum atomic E-state index is -0.789. The van der Waals surface area contributed by atoms with Gasteiger partial charge in [-0.1, -0.05) is 12.1 Å². The predicted octanol–water partition coefficient (Wildman–Crippen LogP) is 0.907. The van der Waals surface area contributed by atoms with E-state index >= 15 is 0 Å². The van der Waals surface area contributed by atoms with Crippen LogP contribution in [0.3, 0.4) is 0 Å². The normalized spacial score (nSPS) is 12.1. The number of H-pyrrole nitrogens is 1. The fraction of sp³-hybridized carbons (Fsp3) is 0.231. The maximum atomic E-state index is 12.8. The van der Waals surface area contributed by atoms with Gasteiger partial charge in [0.2, 0.25) is 5.91 Å². The van der Waals surface area contributed by atoms with Gasteiger partial charge in [0.15, 0.2) is 0 Å². The van der Waals surface area contributed by atoms with Crippen LogP contribution in [-0.4, -0.2) is 22.4 Å². The second-order valence-electron chi connectivity index (χ2n) is 4.15. The van der Waals surface area contributed by atoms with Crippen LogP contribution in [0.4, 0.5) is 4.39 Å². The number of benzene rings is 1. The zero-order chi connectivity index (χ0) is 13.7. The molecule has 0 saturated carbocycles. The highest BCUT2D eigenvalue weighted by molar-refractivity contribution is 5.82. The molecule has 0 saturated heterocycles. The lowest BCUT2D eigenvalue weighted by atomic mass is 10.1. The maximum absolute atomic E-state index is 12.8. The van der Waals surface area contributed by atoms with Crippen molar-refractivity contribution in [2.45, 2.75) is 12.5 Å². The van der Waals surface area contributed by atoms with Crippen LogP contribution >= 0.6 is 0 Å². The minimum Gasteiger partial charge on any atom is -0.354 e. The van der Waals surface area contributed by atoms with E-state index in [0.29, 0.717) is 18.5 Å². The molecule has 0 aliphatic rings. The van der Waals surface area contributed by atoms with Gasteiger partial charge in [0.1, 0.15) is 11.9 Å². The average Bonchev–Trinajstić information content (AvgIpc) is 2.92. The van der Waals surface area contributed by atoms with Crippen molar-refractivity contribution in [3.05, 3.63) is 53.9 Å². The number of amides is 1. The predicted molar refractivity (Wildman–Crippen MR) is 68.6 cm³/mol. The third-order valence-electron chi connectivity index (χ3n) is 2.76. The molecule has 19 heavy (non-hydrogen) atoms. The van der Waals surface area contributed by atoms with Crippen molar-refractivity contribution in [2.75, 3.05) is 6.54 Å². The smallest absolute Gasteiger partial charge is 0.241 e.